The molecule has 0 bridgehead atoms. The third-order valence-corrected chi connectivity index (χ3v) is 5.97. The summed E-state index contributed by atoms with van der Waals surface area (Å²) in [6, 6.07) is 21.0. The monoisotopic (exact) mass is 348 g/mol. The summed E-state index contributed by atoms with van der Waals surface area (Å²) in [6.07, 6.45) is 5.86. The lowest BCUT2D eigenvalue weighted by Crippen LogP contribution is -2.46. The first kappa shape index (κ1) is 17.3. The summed E-state index contributed by atoms with van der Waals surface area (Å²) in [5.41, 5.74) is 2.56. The van der Waals surface area contributed by atoms with Crippen LogP contribution in [0.2, 0.25) is 0 Å². The third-order valence-electron chi connectivity index (χ3n) is 5.97. The third kappa shape index (κ3) is 3.68. The first-order chi connectivity index (χ1) is 12.8. The Morgan fingerprint density at radius 1 is 0.885 bits per heavy atom. The maximum atomic E-state index is 13.1. The van der Waals surface area contributed by atoms with E-state index in [4.69, 9.17) is 0 Å². The number of likely N-dealkylation sites (tertiary alicyclic amines) is 1. The minimum absolute atomic E-state index is 0.178. The van der Waals surface area contributed by atoms with Crippen molar-refractivity contribution in [1.29, 1.82) is 0 Å². The molecule has 26 heavy (non-hydrogen) atoms. The van der Waals surface area contributed by atoms with Gasteiger partial charge >= 0.3 is 0 Å². The van der Waals surface area contributed by atoms with Crippen LogP contribution in [0.3, 0.4) is 0 Å². The number of hydrogen-bond donors (Lipinski definition) is 1. The minimum atomic E-state index is 0.178. The highest BCUT2D eigenvalue weighted by atomic mass is 16.2. The van der Waals surface area contributed by atoms with Gasteiger partial charge in [-0.15, -0.1) is 0 Å². The minimum Gasteiger partial charge on any atom is -0.322 e. The van der Waals surface area contributed by atoms with Crippen molar-refractivity contribution >= 4 is 5.91 Å². The van der Waals surface area contributed by atoms with E-state index in [0.29, 0.717) is 11.8 Å². The molecule has 3 nitrogen and oxygen atoms in total. The summed E-state index contributed by atoms with van der Waals surface area (Å²) in [5.74, 6) is 1.05. The molecule has 3 atom stereocenters. The number of benzene rings is 2. The van der Waals surface area contributed by atoms with Crippen molar-refractivity contribution in [2.75, 3.05) is 6.54 Å². The molecule has 0 spiro atoms. The molecule has 2 aromatic rings. The molecule has 0 radical (unpaired) electrons. The average Bonchev–Trinajstić information content (AvgIpc) is 2.96. The second-order valence-corrected chi connectivity index (χ2v) is 7.64. The quantitative estimate of drug-likeness (QED) is 0.856. The SMILES string of the molecule is O=C1[C@@H]2CCCC[C@@H]2[C@H](NCCc2ccccc2)N1Cc1ccccc1. The molecule has 1 aliphatic heterocycles. The highest BCUT2D eigenvalue weighted by Crippen LogP contribution is 2.41. The second kappa shape index (κ2) is 8.05. The summed E-state index contributed by atoms with van der Waals surface area (Å²) >= 11 is 0. The van der Waals surface area contributed by atoms with Crippen LogP contribution in [0, 0.1) is 11.8 Å². The van der Waals surface area contributed by atoms with Crippen molar-refractivity contribution in [1.82, 2.24) is 10.2 Å². The fraction of sp³-hybridized carbons (Fsp3) is 0.435. The molecule has 2 aromatic carbocycles. The number of carbonyl (C=O) groups is 1. The molecule has 1 N–H and O–H groups in total. The van der Waals surface area contributed by atoms with Crippen LogP contribution in [-0.2, 0) is 17.8 Å². The molecule has 136 valence electrons. The number of nitrogens with one attached hydrogen (secondary N) is 1. The van der Waals surface area contributed by atoms with Gasteiger partial charge in [0.1, 0.15) is 0 Å². The van der Waals surface area contributed by atoms with Gasteiger partial charge in [0.25, 0.3) is 0 Å². The number of rotatable bonds is 6. The van der Waals surface area contributed by atoms with Gasteiger partial charge in [-0.1, -0.05) is 73.5 Å². The summed E-state index contributed by atoms with van der Waals surface area (Å²) in [6.45, 7) is 1.63. The van der Waals surface area contributed by atoms with E-state index in [1.807, 2.05) is 6.07 Å². The lowest BCUT2D eigenvalue weighted by molar-refractivity contribution is -0.133. The van der Waals surface area contributed by atoms with Gasteiger partial charge in [0.05, 0.1) is 6.17 Å². The van der Waals surface area contributed by atoms with Gasteiger partial charge in [-0.3, -0.25) is 10.1 Å². The van der Waals surface area contributed by atoms with E-state index in [9.17, 15) is 4.79 Å². The zero-order chi connectivity index (χ0) is 17.8. The Bertz CT molecular complexity index is 716. The van der Waals surface area contributed by atoms with Gasteiger partial charge in [-0.05, 0) is 30.4 Å². The van der Waals surface area contributed by atoms with E-state index in [2.05, 4.69) is 64.8 Å². The topological polar surface area (TPSA) is 32.3 Å². The van der Waals surface area contributed by atoms with E-state index in [1.54, 1.807) is 0 Å². The van der Waals surface area contributed by atoms with Crippen LogP contribution in [0.25, 0.3) is 0 Å². The molecule has 1 heterocycles. The molecule has 1 saturated carbocycles. The van der Waals surface area contributed by atoms with Crippen LogP contribution >= 0.6 is 0 Å². The van der Waals surface area contributed by atoms with Crippen LogP contribution in [0.5, 0.6) is 0 Å². The molecular formula is C23H28N2O. The van der Waals surface area contributed by atoms with Crippen LogP contribution in [-0.4, -0.2) is 23.5 Å². The Balaban J connectivity index is 1.47. The normalized spacial score (nSPS) is 25.3. The van der Waals surface area contributed by atoms with E-state index >= 15 is 0 Å². The lowest BCUT2D eigenvalue weighted by atomic mass is 9.80. The maximum absolute atomic E-state index is 13.1. The Morgan fingerprint density at radius 2 is 1.54 bits per heavy atom. The van der Waals surface area contributed by atoms with Crippen LogP contribution in [0.15, 0.2) is 60.7 Å². The van der Waals surface area contributed by atoms with Crippen molar-refractivity contribution < 1.29 is 4.79 Å². The summed E-state index contributed by atoms with van der Waals surface area (Å²) in [7, 11) is 0. The number of amides is 1. The predicted molar refractivity (Wildman–Crippen MR) is 104 cm³/mol. The number of nitrogens with zero attached hydrogens (tertiary/aromatic N) is 1. The zero-order valence-electron chi connectivity index (χ0n) is 15.3. The predicted octanol–water partition coefficient (Wildman–Crippen LogP) is 3.99. The number of fused-ring (bicyclic) bond motifs is 1. The standard InChI is InChI=1S/C23H28N2O/c26-23-21-14-8-7-13-20(21)22(24-16-15-18-9-3-1-4-10-18)25(23)17-19-11-5-2-6-12-19/h1-6,9-12,20-22,24H,7-8,13-17H2/t20-,21+,22+/m0/s1. The fourth-order valence-electron chi connectivity index (χ4n) is 4.65. The summed E-state index contributed by atoms with van der Waals surface area (Å²) in [5, 5.41) is 3.74. The smallest absolute Gasteiger partial charge is 0.227 e. The molecule has 0 aromatic heterocycles. The molecule has 1 aliphatic carbocycles. The average molecular weight is 348 g/mol. The summed E-state index contributed by atoms with van der Waals surface area (Å²) < 4.78 is 0. The van der Waals surface area contributed by atoms with E-state index in [-0.39, 0.29) is 12.1 Å². The molecule has 1 amide bonds. The van der Waals surface area contributed by atoms with E-state index < -0.39 is 0 Å². The van der Waals surface area contributed by atoms with Gasteiger partial charge in [-0.2, -0.15) is 0 Å². The van der Waals surface area contributed by atoms with Crippen molar-refractivity contribution in [3.8, 4) is 0 Å². The fourth-order valence-corrected chi connectivity index (χ4v) is 4.65. The Hall–Kier alpha value is -2.13. The first-order valence-corrected chi connectivity index (χ1v) is 9.94. The first-order valence-electron chi connectivity index (χ1n) is 9.94. The molecular weight excluding hydrogens is 320 g/mol. The molecule has 2 aliphatic rings. The van der Waals surface area contributed by atoms with Crippen LogP contribution in [0.4, 0.5) is 0 Å². The molecule has 0 unspecified atom stereocenters. The Morgan fingerprint density at radius 3 is 2.27 bits per heavy atom. The lowest BCUT2D eigenvalue weighted by Gasteiger charge is -2.31. The van der Waals surface area contributed by atoms with Gasteiger partial charge in [-0.25, -0.2) is 0 Å². The number of carbonyl (C=O) groups excluding carboxylic acids is 1. The maximum Gasteiger partial charge on any atom is 0.227 e. The highest BCUT2D eigenvalue weighted by molar-refractivity contribution is 5.82. The largest absolute Gasteiger partial charge is 0.322 e. The Labute approximate surface area is 156 Å². The molecule has 4 rings (SSSR count). The van der Waals surface area contributed by atoms with Crippen LogP contribution in [0.1, 0.15) is 36.8 Å². The molecule has 3 heteroatoms. The van der Waals surface area contributed by atoms with Gasteiger partial charge in [0, 0.05) is 24.9 Å². The zero-order valence-corrected chi connectivity index (χ0v) is 15.3. The Kier molecular flexibility index (Phi) is 5.35. The van der Waals surface area contributed by atoms with Crippen molar-refractivity contribution in [3.63, 3.8) is 0 Å². The molecule has 1 saturated heterocycles. The van der Waals surface area contributed by atoms with Gasteiger partial charge in [0.2, 0.25) is 5.91 Å². The highest BCUT2D eigenvalue weighted by Gasteiger charge is 2.48. The number of hydrogen-bond acceptors (Lipinski definition) is 2. The van der Waals surface area contributed by atoms with E-state index in [0.717, 1.165) is 25.9 Å². The second-order valence-electron chi connectivity index (χ2n) is 7.64. The summed E-state index contributed by atoms with van der Waals surface area (Å²) in [4.78, 5) is 15.2. The van der Waals surface area contributed by atoms with Gasteiger partial charge in [0.15, 0.2) is 0 Å². The van der Waals surface area contributed by atoms with Crippen molar-refractivity contribution in [2.45, 2.75) is 44.8 Å². The van der Waals surface area contributed by atoms with E-state index in [1.165, 1.54) is 30.4 Å². The van der Waals surface area contributed by atoms with Crippen LogP contribution < -0.4 is 5.32 Å². The van der Waals surface area contributed by atoms with Crippen molar-refractivity contribution in [2.24, 2.45) is 11.8 Å². The van der Waals surface area contributed by atoms with Crippen molar-refractivity contribution in [3.05, 3.63) is 71.8 Å². The molecule has 2 fully saturated rings. The van der Waals surface area contributed by atoms with Gasteiger partial charge < -0.3 is 4.90 Å².